The van der Waals surface area contributed by atoms with E-state index < -0.39 is 0 Å². The van der Waals surface area contributed by atoms with Crippen LogP contribution >= 0.6 is 0 Å². The number of aryl methyl sites for hydroxylation is 1. The fourth-order valence-corrected chi connectivity index (χ4v) is 7.02. The van der Waals surface area contributed by atoms with Crippen LogP contribution in [0.2, 0.25) is 0 Å². The fourth-order valence-electron chi connectivity index (χ4n) is 7.02. The van der Waals surface area contributed by atoms with Crippen LogP contribution in [-0.4, -0.2) is 57.6 Å². The Kier molecular flexibility index (Phi) is 4.57. The van der Waals surface area contributed by atoms with Crippen LogP contribution in [0.25, 0.3) is 0 Å². The van der Waals surface area contributed by atoms with Crippen LogP contribution in [-0.2, 0) is 17.3 Å². The molecular weight excluding hydrogens is 376 g/mol. The van der Waals surface area contributed by atoms with Crippen molar-refractivity contribution in [2.45, 2.75) is 64.7 Å². The molecule has 1 saturated heterocycles. The van der Waals surface area contributed by atoms with Crippen molar-refractivity contribution in [2.24, 2.45) is 30.2 Å². The third-order valence-electron chi connectivity index (χ3n) is 8.21. The van der Waals surface area contributed by atoms with Gasteiger partial charge in [0.1, 0.15) is 5.69 Å². The van der Waals surface area contributed by atoms with Crippen molar-refractivity contribution >= 4 is 11.8 Å². The van der Waals surface area contributed by atoms with Gasteiger partial charge in [-0.1, -0.05) is 20.8 Å². The number of hydrogen-bond donors (Lipinski definition) is 0. The lowest BCUT2D eigenvalue weighted by Gasteiger charge is -2.57. The number of rotatable bonds is 2. The fraction of sp³-hybridized carbons (Fsp3) is 0.792. The number of carbonyl (C=O) groups is 2. The molecule has 5 aliphatic rings. The van der Waals surface area contributed by atoms with Crippen LogP contribution in [0.15, 0.2) is 6.07 Å². The lowest BCUT2D eigenvalue weighted by atomic mass is 9.49. The summed E-state index contributed by atoms with van der Waals surface area (Å²) in [6.07, 6.45) is 7.41. The van der Waals surface area contributed by atoms with Gasteiger partial charge < -0.3 is 9.80 Å². The molecule has 1 aromatic heterocycles. The second kappa shape index (κ2) is 6.83. The molecule has 6 rings (SSSR count). The Morgan fingerprint density at radius 2 is 1.43 bits per heavy atom. The van der Waals surface area contributed by atoms with Gasteiger partial charge in [-0.2, -0.15) is 5.10 Å². The van der Waals surface area contributed by atoms with Crippen LogP contribution in [0.1, 0.15) is 75.5 Å². The normalized spacial score (nSPS) is 33.3. The summed E-state index contributed by atoms with van der Waals surface area (Å²) in [5.41, 5.74) is 1.41. The minimum atomic E-state index is -0.0841. The Bertz CT molecular complexity index is 822. The maximum absolute atomic E-state index is 13.6. The molecule has 0 radical (unpaired) electrons. The average Bonchev–Trinajstić information content (AvgIpc) is 3.08. The first-order chi connectivity index (χ1) is 14.1. The number of nitrogens with zero attached hydrogens (tertiary/aromatic N) is 4. The summed E-state index contributed by atoms with van der Waals surface area (Å²) in [6.45, 7) is 8.89. The molecule has 4 bridgehead atoms. The van der Waals surface area contributed by atoms with Gasteiger partial charge in [0, 0.05) is 38.6 Å². The molecule has 30 heavy (non-hydrogen) atoms. The molecule has 0 aromatic carbocycles. The first-order valence-corrected chi connectivity index (χ1v) is 11.8. The second-order valence-electron chi connectivity index (χ2n) is 11.6. The summed E-state index contributed by atoms with van der Waals surface area (Å²) in [5.74, 6) is 2.77. The van der Waals surface area contributed by atoms with E-state index in [0.717, 1.165) is 42.7 Å². The van der Waals surface area contributed by atoms with Crippen molar-refractivity contribution in [3.05, 3.63) is 17.5 Å². The van der Waals surface area contributed by atoms with E-state index in [1.807, 2.05) is 18.0 Å². The summed E-state index contributed by atoms with van der Waals surface area (Å²) >= 11 is 0. The number of aromatic nitrogens is 2. The van der Waals surface area contributed by atoms with Gasteiger partial charge in [-0.15, -0.1) is 0 Å². The van der Waals surface area contributed by atoms with Gasteiger partial charge >= 0.3 is 0 Å². The summed E-state index contributed by atoms with van der Waals surface area (Å²) in [4.78, 5) is 30.7. The van der Waals surface area contributed by atoms with E-state index in [9.17, 15) is 9.59 Å². The maximum Gasteiger partial charge on any atom is 0.272 e. The molecule has 5 fully saturated rings. The molecule has 1 aromatic rings. The molecule has 4 saturated carbocycles. The second-order valence-corrected chi connectivity index (χ2v) is 11.6. The smallest absolute Gasteiger partial charge is 0.272 e. The van der Waals surface area contributed by atoms with Crippen molar-refractivity contribution in [3.63, 3.8) is 0 Å². The Hall–Kier alpha value is -1.85. The quantitative estimate of drug-likeness (QED) is 0.749. The number of hydrogen-bond acceptors (Lipinski definition) is 3. The molecule has 0 N–H and O–H groups in total. The molecule has 164 valence electrons. The SMILES string of the molecule is Cn1nc(C(C)(C)C)cc1C(=O)N1CCN(C(=O)C23CC4CC(CC(C4)C2)C3)CC1. The molecule has 2 amide bonds. The van der Waals surface area contributed by atoms with E-state index >= 15 is 0 Å². The maximum atomic E-state index is 13.6. The molecule has 2 heterocycles. The third-order valence-corrected chi connectivity index (χ3v) is 8.21. The Morgan fingerprint density at radius 3 is 1.90 bits per heavy atom. The van der Waals surface area contributed by atoms with Gasteiger partial charge in [0.05, 0.1) is 11.1 Å². The highest BCUT2D eigenvalue weighted by atomic mass is 16.2. The van der Waals surface area contributed by atoms with Gasteiger partial charge in [0.25, 0.3) is 5.91 Å². The van der Waals surface area contributed by atoms with Gasteiger partial charge in [-0.25, -0.2) is 0 Å². The lowest BCUT2D eigenvalue weighted by Crippen LogP contribution is -2.58. The van der Waals surface area contributed by atoms with Crippen LogP contribution in [0.3, 0.4) is 0 Å². The van der Waals surface area contributed by atoms with Crippen LogP contribution in [0.5, 0.6) is 0 Å². The highest BCUT2D eigenvalue weighted by molar-refractivity contribution is 5.93. The van der Waals surface area contributed by atoms with E-state index in [2.05, 4.69) is 30.8 Å². The van der Waals surface area contributed by atoms with Crippen LogP contribution < -0.4 is 0 Å². The van der Waals surface area contributed by atoms with Crippen molar-refractivity contribution in [2.75, 3.05) is 26.2 Å². The standard InChI is InChI=1S/C24H36N4O2/c1-23(2,3)20-12-19(26(4)25-20)21(29)27-5-7-28(8-6-27)22(30)24-13-16-9-17(14-24)11-18(10-16)15-24/h12,16-18H,5-11,13-15H2,1-4H3. The Morgan fingerprint density at radius 1 is 0.933 bits per heavy atom. The number of piperazine rings is 1. The van der Waals surface area contributed by atoms with E-state index in [0.29, 0.717) is 37.8 Å². The molecule has 6 heteroatoms. The van der Waals surface area contributed by atoms with Gasteiger partial charge in [-0.05, 0) is 62.3 Å². The van der Waals surface area contributed by atoms with Crippen molar-refractivity contribution < 1.29 is 9.59 Å². The molecule has 0 spiro atoms. The molecule has 1 aliphatic heterocycles. The van der Waals surface area contributed by atoms with Crippen molar-refractivity contribution in [3.8, 4) is 0 Å². The lowest BCUT2D eigenvalue weighted by molar-refractivity contribution is -0.159. The van der Waals surface area contributed by atoms with Gasteiger partial charge in [0.15, 0.2) is 0 Å². The van der Waals surface area contributed by atoms with E-state index in [-0.39, 0.29) is 16.7 Å². The minimum Gasteiger partial charge on any atom is -0.339 e. The topological polar surface area (TPSA) is 58.4 Å². The minimum absolute atomic E-state index is 0.0300. The summed E-state index contributed by atoms with van der Waals surface area (Å²) in [7, 11) is 1.84. The number of carbonyl (C=O) groups excluding carboxylic acids is 2. The summed E-state index contributed by atoms with van der Waals surface area (Å²) < 4.78 is 1.70. The zero-order chi connectivity index (χ0) is 21.3. The third kappa shape index (κ3) is 3.27. The number of amides is 2. The summed E-state index contributed by atoms with van der Waals surface area (Å²) in [6, 6.07) is 1.93. The predicted octanol–water partition coefficient (Wildman–Crippen LogP) is 3.22. The van der Waals surface area contributed by atoms with E-state index in [4.69, 9.17) is 0 Å². The van der Waals surface area contributed by atoms with Gasteiger partial charge in [0.2, 0.25) is 5.91 Å². The Labute approximate surface area is 180 Å². The van der Waals surface area contributed by atoms with E-state index in [1.165, 1.54) is 19.3 Å². The van der Waals surface area contributed by atoms with Crippen LogP contribution in [0, 0.1) is 23.2 Å². The van der Waals surface area contributed by atoms with Gasteiger partial charge in [-0.3, -0.25) is 14.3 Å². The largest absolute Gasteiger partial charge is 0.339 e. The first-order valence-electron chi connectivity index (χ1n) is 11.8. The van der Waals surface area contributed by atoms with Crippen LogP contribution in [0.4, 0.5) is 0 Å². The van der Waals surface area contributed by atoms with E-state index in [1.54, 1.807) is 4.68 Å². The highest BCUT2D eigenvalue weighted by Crippen LogP contribution is 2.60. The molecule has 0 unspecified atom stereocenters. The van der Waals surface area contributed by atoms with Crippen molar-refractivity contribution in [1.82, 2.24) is 19.6 Å². The predicted molar refractivity (Wildman–Crippen MR) is 115 cm³/mol. The monoisotopic (exact) mass is 412 g/mol. The van der Waals surface area contributed by atoms with Crippen molar-refractivity contribution in [1.29, 1.82) is 0 Å². The Balaban J connectivity index is 1.24. The summed E-state index contributed by atoms with van der Waals surface area (Å²) in [5, 5.41) is 4.55. The first kappa shape index (κ1) is 20.1. The highest BCUT2D eigenvalue weighted by Gasteiger charge is 2.55. The molecule has 6 nitrogen and oxygen atoms in total. The average molecular weight is 413 g/mol. The molecule has 0 atom stereocenters. The zero-order valence-corrected chi connectivity index (χ0v) is 19.0. The molecular formula is C24H36N4O2. The molecule has 4 aliphatic carbocycles. The zero-order valence-electron chi connectivity index (χ0n) is 19.0.